The summed E-state index contributed by atoms with van der Waals surface area (Å²) in [6, 6.07) is 14.0. The minimum absolute atomic E-state index is 0.119. The van der Waals surface area contributed by atoms with Crippen LogP contribution in [0.25, 0.3) is 0 Å². The number of sulfonamides is 1. The number of hydrogen-bond donors (Lipinski definition) is 1. The molecule has 0 aliphatic heterocycles. The van der Waals surface area contributed by atoms with Gasteiger partial charge in [-0.3, -0.25) is 4.79 Å². The van der Waals surface area contributed by atoms with E-state index in [2.05, 4.69) is 4.72 Å². The van der Waals surface area contributed by atoms with Crippen LogP contribution in [0.3, 0.4) is 0 Å². The van der Waals surface area contributed by atoms with E-state index in [1.807, 2.05) is 35.0 Å². The Kier molecular flexibility index (Phi) is 7.57. The van der Waals surface area contributed by atoms with Crippen LogP contribution in [-0.2, 0) is 27.8 Å². The highest BCUT2D eigenvalue weighted by Gasteiger charge is 2.19. The molecular formula is C20H22N2O4S3. The second-order valence-electron chi connectivity index (χ2n) is 6.23. The molecule has 0 saturated carbocycles. The summed E-state index contributed by atoms with van der Waals surface area (Å²) in [4.78, 5) is 17.2. The van der Waals surface area contributed by atoms with E-state index in [0.717, 1.165) is 9.75 Å². The van der Waals surface area contributed by atoms with Crippen LogP contribution in [0, 0.1) is 0 Å². The first-order valence-corrected chi connectivity index (χ1v) is 12.2. The monoisotopic (exact) mass is 450 g/mol. The Hall–Kier alpha value is -2.04. The maximum absolute atomic E-state index is 13.1. The van der Waals surface area contributed by atoms with Gasteiger partial charge < -0.3 is 9.64 Å². The van der Waals surface area contributed by atoms with Gasteiger partial charge in [0.2, 0.25) is 10.0 Å². The highest BCUT2D eigenvalue weighted by molar-refractivity contribution is 7.89. The van der Waals surface area contributed by atoms with Gasteiger partial charge in [-0.25, -0.2) is 13.1 Å². The molecule has 0 saturated heterocycles. The van der Waals surface area contributed by atoms with Crippen molar-refractivity contribution in [3.8, 4) is 0 Å². The van der Waals surface area contributed by atoms with Crippen LogP contribution in [0.15, 0.2) is 64.2 Å². The summed E-state index contributed by atoms with van der Waals surface area (Å²) >= 11 is 3.21. The largest absolute Gasteiger partial charge is 0.383 e. The van der Waals surface area contributed by atoms with Gasteiger partial charge in [0.25, 0.3) is 5.91 Å². The Labute approximate surface area is 178 Å². The lowest BCUT2D eigenvalue weighted by Crippen LogP contribution is -2.30. The minimum Gasteiger partial charge on any atom is -0.383 e. The van der Waals surface area contributed by atoms with Crippen molar-refractivity contribution in [2.75, 3.05) is 20.3 Å². The number of methoxy groups -OCH3 is 1. The molecule has 0 radical (unpaired) electrons. The SMILES string of the molecule is COCCNS(=O)(=O)c1ccc(C(=O)N(Cc2cccs2)Cc2cccs2)cc1. The summed E-state index contributed by atoms with van der Waals surface area (Å²) in [5, 5.41) is 3.97. The van der Waals surface area contributed by atoms with Gasteiger partial charge >= 0.3 is 0 Å². The van der Waals surface area contributed by atoms with Crippen molar-refractivity contribution in [2.45, 2.75) is 18.0 Å². The van der Waals surface area contributed by atoms with E-state index in [9.17, 15) is 13.2 Å². The average Bonchev–Trinajstić information content (AvgIpc) is 3.41. The summed E-state index contributed by atoms with van der Waals surface area (Å²) in [5.74, 6) is -0.136. The first-order chi connectivity index (χ1) is 14.0. The zero-order valence-corrected chi connectivity index (χ0v) is 18.4. The number of amides is 1. The highest BCUT2D eigenvalue weighted by Crippen LogP contribution is 2.20. The second kappa shape index (κ2) is 10.1. The lowest BCUT2D eigenvalue weighted by atomic mass is 10.2. The van der Waals surface area contributed by atoms with Crippen LogP contribution in [0.1, 0.15) is 20.1 Å². The number of benzene rings is 1. The molecule has 0 aliphatic rings. The van der Waals surface area contributed by atoms with Gasteiger partial charge in [-0.2, -0.15) is 0 Å². The van der Waals surface area contributed by atoms with Crippen molar-refractivity contribution < 1.29 is 17.9 Å². The number of thiophene rings is 2. The third-order valence-corrected chi connectivity index (χ3v) is 7.35. The third kappa shape index (κ3) is 5.97. The Balaban J connectivity index is 1.76. The minimum atomic E-state index is -3.63. The van der Waals surface area contributed by atoms with E-state index >= 15 is 0 Å². The van der Waals surface area contributed by atoms with E-state index < -0.39 is 10.0 Å². The summed E-state index contributed by atoms with van der Waals surface area (Å²) in [7, 11) is -2.12. The van der Waals surface area contributed by atoms with Crippen LogP contribution in [0.4, 0.5) is 0 Å². The van der Waals surface area contributed by atoms with E-state index in [1.54, 1.807) is 39.7 Å². The number of nitrogens with one attached hydrogen (secondary N) is 1. The predicted octanol–water partition coefficient (Wildman–Crippen LogP) is 3.58. The smallest absolute Gasteiger partial charge is 0.254 e. The molecule has 1 amide bonds. The van der Waals surface area contributed by atoms with E-state index in [0.29, 0.717) is 18.7 Å². The molecule has 0 spiro atoms. The van der Waals surface area contributed by atoms with Gasteiger partial charge in [0, 0.05) is 29.0 Å². The fourth-order valence-corrected chi connectivity index (χ4v) is 5.15. The molecule has 0 aliphatic carbocycles. The maximum atomic E-state index is 13.1. The molecule has 0 unspecified atom stereocenters. The van der Waals surface area contributed by atoms with Crippen molar-refractivity contribution in [3.05, 3.63) is 74.6 Å². The molecule has 2 aromatic heterocycles. The van der Waals surface area contributed by atoms with Crippen LogP contribution < -0.4 is 4.72 Å². The average molecular weight is 451 g/mol. The van der Waals surface area contributed by atoms with Crippen molar-refractivity contribution in [3.63, 3.8) is 0 Å². The van der Waals surface area contributed by atoms with Gasteiger partial charge in [-0.05, 0) is 47.2 Å². The van der Waals surface area contributed by atoms with Crippen molar-refractivity contribution in [1.82, 2.24) is 9.62 Å². The molecule has 9 heteroatoms. The highest BCUT2D eigenvalue weighted by atomic mass is 32.2. The molecule has 0 fully saturated rings. The van der Waals surface area contributed by atoms with Crippen LogP contribution in [0.5, 0.6) is 0 Å². The fourth-order valence-electron chi connectivity index (χ4n) is 2.70. The van der Waals surface area contributed by atoms with Crippen LogP contribution in [-0.4, -0.2) is 39.5 Å². The topological polar surface area (TPSA) is 75.7 Å². The summed E-state index contributed by atoms with van der Waals surface area (Å²) in [6.07, 6.45) is 0. The second-order valence-corrected chi connectivity index (χ2v) is 10.1. The van der Waals surface area contributed by atoms with Crippen molar-refractivity contribution in [2.24, 2.45) is 0 Å². The summed E-state index contributed by atoms with van der Waals surface area (Å²) in [5.41, 5.74) is 0.453. The molecule has 1 aromatic carbocycles. The standard InChI is InChI=1S/C20H22N2O4S3/c1-26-11-10-21-29(24,25)19-8-6-16(7-9-19)20(23)22(14-17-4-2-12-27-17)15-18-5-3-13-28-18/h2-9,12-13,21H,10-11,14-15H2,1H3. The number of carbonyl (C=O) groups is 1. The molecule has 0 bridgehead atoms. The number of nitrogens with zero attached hydrogens (tertiary/aromatic N) is 1. The van der Waals surface area contributed by atoms with Gasteiger partial charge in [-0.1, -0.05) is 12.1 Å². The van der Waals surface area contributed by atoms with Gasteiger partial charge in [0.15, 0.2) is 0 Å². The molecule has 3 aromatic rings. The predicted molar refractivity (Wildman–Crippen MR) is 116 cm³/mol. The fraction of sp³-hybridized carbons (Fsp3) is 0.250. The molecule has 6 nitrogen and oxygen atoms in total. The Morgan fingerprint density at radius 3 is 2.07 bits per heavy atom. The number of hydrogen-bond acceptors (Lipinski definition) is 6. The normalized spacial score (nSPS) is 11.5. The quantitative estimate of drug-likeness (QED) is 0.479. The molecular weight excluding hydrogens is 428 g/mol. The zero-order chi connectivity index (χ0) is 20.7. The Morgan fingerprint density at radius 2 is 1.59 bits per heavy atom. The van der Waals surface area contributed by atoms with Gasteiger partial charge in [0.05, 0.1) is 24.6 Å². The molecule has 3 rings (SSSR count). The van der Waals surface area contributed by atoms with Crippen molar-refractivity contribution >= 4 is 38.6 Å². The molecule has 1 N–H and O–H groups in total. The van der Waals surface area contributed by atoms with Crippen LogP contribution >= 0.6 is 22.7 Å². The summed E-state index contributed by atoms with van der Waals surface area (Å²) in [6.45, 7) is 1.49. The van der Waals surface area contributed by atoms with Gasteiger partial charge in [0.1, 0.15) is 0 Å². The Morgan fingerprint density at radius 1 is 1.00 bits per heavy atom. The van der Waals surface area contributed by atoms with E-state index in [4.69, 9.17) is 4.74 Å². The third-order valence-electron chi connectivity index (χ3n) is 4.15. The van der Waals surface area contributed by atoms with E-state index in [-0.39, 0.29) is 24.0 Å². The molecule has 154 valence electrons. The molecule has 0 atom stereocenters. The first kappa shape index (κ1) is 21.7. The summed E-state index contributed by atoms with van der Waals surface area (Å²) < 4.78 is 31.9. The molecule has 29 heavy (non-hydrogen) atoms. The number of rotatable bonds is 10. The zero-order valence-electron chi connectivity index (χ0n) is 15.9. The maximum Gasteiger partial charge on any atom is 0.254 e. The van der Waals surface area contributed by atoms with Crippen molar-refractivity contribution in [1.29, 1.82) is 0 Å². The number of carbonyl (C=O) groups excluding carboxylic acids is 1. The van der Waals surface area contributed by atoms with Gasteiger partial charge in [-0.15, -0.1) is 22.7 Å². The Bertz CT molecular complexity index is 962. The van der Waals surface area contributed by atoms with E-state index in [1.165, 1.54) is 19.2 Å². The van der Waals surface area contributed by atoms with Crippen LogP contribution in [0.2, 0.25) is 0 Å². The number of ether oxygens (including phenoxy) is 1. The first-order valence-electron chi connectivity index (χ1n) is 8.92. The lowest BCUT2D eigenvalue weighted by molar-refractivity contribution is 0.0733. The lowest BCUT2D eigenvalue weighted by Gasteiger charge is -2.22. The molecule has 2 heterocycles.